The fourth-order valence-electron chi connectivity index (χ4n) is 2.17. The maximum Gasteiger partial charge on any atom is 0.276 e. The Hall–Kier alpha value is -0.880. The van der Waals surface area contributed by atoms with E-state index in [-0.39, 0.29) is 0 Å². The van der Waals surface area contributed by atoms with Crippen molar-refractivity contribution in [3.8, 4) is 0 Å². The monoisotopic (exact) mass is 350 g/mol. The SMILES string of the molecule is CN1CCN(c2ccc(N)cc2NC(=O)C(Cl)(Cl)Cl)CC1. The molecule has 1 aromatic rings. The molecule has 116 valence electrons. The number of carbonyl (C=O) groups excluding carboxylic acids is 1. The van der Waals surface area contributed by atoms with E-state index in [1.165, 1.54) is 0 Å². The molecule has 0 saturated carbocycles. The predicted molar refractivity (Wildman–Crippen MR) is 89.5 cm³/mol. The van der Waals surface area contributed by atoms with Gasteiger partial charge in [0, 0.05) is 31.9 Å². The van der Waals surface area contributed by atoms with Crippen LogP contribution in [0.25, 0.3) is 0 Å². The summed E-state index contributed by atoms with van der Waals surface area (Å²) in [5.74, 6) is -0.700. The molecule has 0 radical (unpaired) electrons. The molecule has 1 fully saturated rings. The number of carbonyl (C=O) groups is 1. The zero-order valence-corrected chi connectivity index (χ0v) is 13.8. The molecule has 1 heterocycles. The number of nitrogens with one attached hydrogen (secondary N) is 1. The molecule has 1 aromatic carbocycles. The molecule has 0 bridgehead atoms. The number of nitrogens with zero attached hydrogens (tertiary/aromatic N) is 2. The van der Waals surface area contributed by atoms with Gasteiger partial charge in [-0.1, -0.05) is 34.8 Å². The van der Waals surface area contributed by atoms with Gasteiger partial charge in [0.15, 0.2) is 0 Å². The largest absolute Gasteiger partial charge is 0.399 e. The molecule has 1 aliphatic rings. The summed E-state index contributed by atoms with van der Waals surface area (Å²) in [5.41, 5.74) is 7.75. The van der Waals surface area contributed by atoms with Gasteiger partial charge in [0.25, 0.3) is 9.70 Å². The minimum absolute atomic E-state index is 0.535. The third-order valence-electron chi connectivity index (χ3n) is 3.37. The van der Waals surface area contributed by atoms with Crippen molar-refractivity contribution in [2.45, 2.75) is 3.79 Å². The standard InChI is InChI=1S/C13H17Cl3N4O/c1-19-4-6-20(7-5-19)11-3-2-9(17)8-10(11)18-12(21)13(14,15)16/h2-3,8H,4-7,17H2,1H3,(H,18,21). The van der Waals surface area contributed by atoms with E-state index in [0.717, 1.165) is 31.9 Å². The highest BCUT2D eigenvalue weighted by atomic mass is 35.6. The molecular formula is C13H17Cl3N4O. The van der Waals surface area contributed by atoms with Gasteiger partial charge in [-0.15, -0.1) is 0 Å². The lowest BCUT2D eigenvalue weighted by molar-refractivity contribution is -0.115. The lowest BCUT2D eigenvalue weighted by Crippen LogP contribution is -2.44. The molecule has 0 unspecified atom stereocenters. The Kier molecular flexibility index (Phi) is 5.09. The Bertz CT molecular complexity index is 525. The van der Waals surface area contributed by atoms with Gasteiger partial charge < -0.3 is 20.9 Å². The highest BCUT2D eigenvalue weighted by Gasteiger charge is 2.31. The molecule has 0 spiro atoms. The fraction of sp³-hybridized carbons (Fsp3) is 0.462. The van der Waals surface area contributed by atoms with Crippen LogP contribution in [0.3, 0.4) is 0 Å². The quantitative estimate of drug-likeness (QED) is 0.634. The first-order valence-corrected chi connectivity index (χ1v) is 7.62. The second-order valence-corrected chi connectivity index (χ2v) is 7.30. The van der Waals surface area contributed by atoms with Gasteiger partial charge in [-0.25, -0.2) is 0 Å². The molecule has 3 N–H and O–H groups in total. The number of hydrogen-bond donors (Lipinski definition) is 2. The van der Waals surface area contributed by atoms with Gasteiger partial charge in [-0.3, -0.25) is 4.79 Å². The smallest absolute Gasteiger partial charge is 0.276 e. The lowest BCUT2D eigenvalue weighted by atomic mass is 10.2. The van der Waals surface area contributed by atoms with E-state index in [0.29, 0.717) is 11.4 Å². The topological polar surface area (TPSA) is 61.6 Å². The zero-order valence-electron chi connectivity index (χ0n) is 11.6. The fourth-order valence-corrected chi connectivity index (χ4v) is 2.31. The number of amides is 1. The van der Waals surface area contributed by atoms with Crippen molar-refractivity contribution in [1.29, 1.82) is 0 Å². The van der Waals surface area contributed by atoms with Crippen LogP contribution in [0.5, 0.6) is 0 Å². The Balaban J connectivity index is 2.23. The number of halogens is 3. The van der Waals surface area contributed by atoms with Crippen molar-refractivity contribution >= 4 is 57.8 Å². The maximum atomic E-state index is 11.9. The van der Waals surface area contributed by atoms with Gasteiger partial charge in [-0.05, 0) is 25.2 Å². The summed E-state index contributed by atoms with van der Waals surface area (Å²) >= 11 is 16.8. The second kappa shape index (κ2) is 6.48. The van der Waals surface area contributed by atoms with E-state index in [2.05, 4.69) is 22.2 Å². The number of anilines is 3. The molecule has 1 amide bonds. The average Bonchev–Trinajstić information content (AvgIpc) is 2.39. The van der Waals surface area contributed by atoms with Crippen LogP contribution >= 0.6 is 34.8 Å². The molecule has 0 aromatic heterocycles. The Morgan fingerprint density at radius 3 is 2.43 bits per heavy atom. The summed E-state index contributed by atoms with van der Waals surface area (Å²) in [5, 5.41) is 2.63. The summed E-state index contributed by atoms with van der Waals surface area (Å²) in [6.45, 7) is 3.61. The average molecular weight is 352 g/mol. The third kappa shape index (κ3) is 4.30. The highest BCUT2D eigenvalue weighted by Crippen LogP contribution is 2.33. The second-order valence-electron chi connectivity index (χ2n) is 5.02. The summed E-state index contributed by atoms with van der Waals surface area (Å²) in [6.07, 6.45) is 0. The third-order valence-corrected chi connectivity index (χ3v) is 3.89. The van der Waals surface area contributed by atoms with E-state index in [9.17, 15) is 4.79 Å². The molecule has 1 saturated heterocycles. The van der Waals surface area contributed by atoms with Gasteiger partial charge in [-0.2, -0.15) is 0 Å². The van der Waals surface area contributed by atoms with Gasteiger partial charge in [0.1, 0.15) is 0 Å². The number of nitrogens with two attached hydrogens (primary N) is 1. The predicted octanol–water partition coefficient (Wildman–Crippen LogP) is 2.33. The maximum absolute atomic E-state index is 11.9. The van der Waals surface area contributed by atoms with E-state index in [4.69, 9.17) is 40.5 Å². The number of rotatable bonds is 2. The lowest BCUT2D eigenvalue weighted by Gasteiger charge is -2.35. The van der Waals surface area contributed by atoms with Crippen LogP contribution in [0.4, 0.5) is 17.1 Å². The minimum Gasteiger partial charge on any atom is -0.399 e. The van der Waals surface area contributed by atoms with Crippen molar-refractivity contribution in [1.82, 2.24) is 4.90 Å². The van der Waals surface area contributed by atoms with Crippen LogP contribution in [0.2, 0.25) is 0 Å². The van der Waals surface area contributed by atoms with Crippen LogP contribution in [-0.2, 0) is 4.79 Å². The van der Waals surface area contributed by atoms with Crippen molar-refractivity contribution in [3.05, 3.63) is 18.2 Å². The molecule has 0 aliphatic carbocycles. The molecule has 21 heavy (non-hydrogen) atoms. The molecule has 5 nitrogen and oxygen atoms in total. The summed E-state index contributed by atoms with van der Waals surface area (Å²) < 4.78 is -2.01. The number of benzene rings is 1. The molecular weight excluding hydrogens is 335 g/mol. The molecule has 1 aliphatic heterocycles. The minimum atomic E-state index is -2.01. The number of piperazine rings is 1. The van der Waals surface area contributed by atoms with E-state index in [1.807, 2.05) is 6.07 Å². The van der Waals surface area contributed by atoms with Crippen molar-refractivity contribution in [2.75, 3.05) is 49.2 Å². The van der Waals surface area contributed by atoms with E-state index < -0.39 is 9.70 Å². The van der Waals surface area contributed by atoms with Crippen LogP contribution < -0.4 is 16.0 Å². The Morgan fingerprint density at radius 2 is 1.86 bits per heavy atom. The molecule has 0 atom stereocenters. The van der Waals surface area contributed by atoms with Gasteiger partial charge >= 0.3 is 0 Å². The number of alkyl halides is 3. The first-order valence-electron chi connectivity index (χ1n) is 6.48. The van der Waals surface area contributed by atoms with Crippen molar-refractivity contribution in [3.63, 3.8) is 0 Å². The Morgan fingerprint density at radius 1 is 1.24 bits per heavy atom. The van der Waals surface area contributed by atoms with Crippen molar-refractivity contribution in [2.24, 2.45) is 0 Å². The Labute approximate surface area is 138 Å². The van der Waals surface area contributed by atoms with Crippen LogP contribution in [0.15, 0.2) is 18.2 Å². The van der Waals surface area contributed by atoms with Crippen LogP contribution in [0, 0.1) is 0 Å². The van der Waals surface area contributed by atoms with Crippen LogP contribution in [0.1, 0.15) is 0 Å². The summed E-state index contributed by atoms with van der Waals surface area (Å²) in [4.78, 5) is 16.3. The highest BCUT2D eigenvalue weighted by molar-refractivity contribution is 6.76. The summed E-state index contributed by atoms with van der Waals surface area (Å²) in [6, 6.07) is 5.33. The van der Waals surface area contributed by atoms with E-state index in [1.54, 1.807) is 12.1 Å². The normalized spacial score (nSPS) is 16.9. The van der Waals surface area contributed by atoms with Crippen molar-refractivity contribution < 1.29 is 4.79 Å². The first kappa shape index (κ1) is 16.5. The number of likely N-dealkylation sites (N-methyl/N-ethyl adjacent to an activating group) is 1. The molecule has 2 rings (SSSR count). The summed E-state index contributed by atoms with van der Waals surface area (Å²) in [7, 11) is 2.08. The zero-order chi connectivity index (χ0) is 15.6. The number of hydrogen-bond acceptors (Lipinski definition) is 4. The van der Waals surface area contributed by atoms with Gasteiger partial charge in [0.2, 0.25) is 0 Å². The van der Waals surface area contributed by atoms with Gasteiger partial charge in [0.05, 0.1) is 11.4 Å². The van der Waals surface area contributed by atoms with E-state index >= 15 is 0 Å². The first-order chi connectivity index (χ1) is 9.77. The number of nitrogen functional groups attached to an aromatic ring is 1. The molecule has 8 heteroatoms. The van der Waals surface area contributed by atoms with Crippen LogP contribution in [-0.4, -0.2) is 47.8 Å².